The molecule has 1 rings (SSSR count). The Morgan fingerprint density at radius 3 is 2.67 bits per heavy atom. The van der Waals surface area contributed by atoms with E-state index in [1.807, 2.05) is 24.6 Å². The van der Waals surface area contributed by atoms with Crippen LogP contribution in [0.3, 0.4) is 0 Å². The van der Waals surface area contributed by atoms with Crippen molar-refractivity contribution < 1.29 is 5.11 Å². The summed E-state index contributed by atoms with van der Waals surface area (Å²) < 4.78 is 1.91. The highest BCUT2D eigenvalue weighted by Gasteiger charge is 2.17. The lowest BCUT2D eigenvalue weighted by atomic mass is 9.90. The van der Waals surface area contributed by atoms with Crippen LogP contribution in [0.5, 0.6) is 0 Å². The van der Waals surface area contributed by atoms with Crippen LogP contribution in [0.15, 0.2) is 6.07 Å². The fourth-order valence-electron chi connectivity index (χ4n) is 1.98. The molecule has 0 aliphatic heterocycles. The Morgan fingerprint density at radius 1 is 1.50 bits per heavy atom. The minimum Gasteiger partial charge on any atom is -0.396 e. The normalized spacial score (nSPS) is 11.6. The topological polar surface area (TPSA) is 61.0 Å². The van der Waals surface area contributed by atoms with E-state index < -0.39 is 0 Å². The van der Waals surface area contributed by atoms with E-state index in [1.54, 1.807) is 0 Å². The molecule has 0 aliphatic carbocycles. The minimum absolute atomic E-state index is 0.0928. The molecule has 0 fully saturated rings. The van der Waals surface area contributed by atoms with E-state index in [4.69, 9.17) is 10.4 Å². The number of nitriles is 1. The van der Waals surface area contributed by atoms with Crippen molar-refractivity contribution in [2.75, 3.05) is 13.2 Å². The quantitative estimate of drug-likeness (QED) is 0.806. The molecule has 100 valence electrons. The molecule has 1 aromatic heterocycles. The Kier molecular flexibility index (Phi) is 4.94. The zero-order chi connectivity index (χ0) is 13.8. The Labute approximate surface area is 109 Å². The monoisotopic (exact) mass is 249 g/mol. The number of aliphatic hydroxyl groups is 1. The predicted molar refractivity (Wildman–Crippen MR) is 72.1 cm³/mol. The van der Waals surface area contributed by atoms with Crippen LogP contribution in [-0.4, -0.2) is 22.8 Å². The third-order valence-corrected chi connectivity index (χ3v) is 3.46. The molecule has 0 atom stereocenters. The molecule has 1 heterocycles. The van der Waals surface area contributed by atoms with Crippen molar-refractivity contribution in [1.29, 1.82) is 5.26 Å². The molecule has 0 radical (unpaired) electrons. The van der Waals surface area contributed by atoms with E-state index in [1.165, 1.54) is 0 Å². The molecule has 18 heavy (non-hydrogen) atoms. The molecule has 0 saturated heterocycles. The van der Waals surface area contributed by atoms with Gasteiger partial charge >= 0.3 is 0 Å². The smallest absolute Gasteiger partial charge is 0.120 e. The van der Waals surface area contributed by atoms with Crippen LogP contribution in [0.4, 0.5) is 0 Å². The molecule has 0 amide bonds. The van der Waals surface area contributed by atoms with Gasteiger partial charge < -0.3 is 15.0 Å². The van der Waals surface area contributed by atoms with Crippen molar-refractivity contribution in [2.45, 2.75) is 33.7 Å². The van der Waals surface area contributed by atoms with Crippen LogP contribution in [0.1, 0.15) is 37.2 Å². The number of hydrogen-bond donors (Lipinski definition) is 2. The van der Waals surface area contributed by atoms with E-state index in [-0.39, 0.29) is 12.0 Å². The first kappa shape index (κ1) is 14.7. The van der Waals surface area contributed by atoms with Gasteiger partial charge in [0.1, 0.15) is 11.8 Å². The predicted octanol–water partition coefficient (Wildman–Crippen LogP) is 1.70. The zero-order valence-corrected chi connectivity index (χ0v) is 11.7. The van der Waals surface area contributed by atoms with Crippen LogP contribution in [0.25, 0.3) is 0 Å². The van der Waals surface area contributed by atoms with Crippen molar-refractivity contribution in [3.8, 4) is 6.07 Å². The maximum Gasteiger partial charge on any atom is 0.120 e. The van der Waals surface area contributed by atoms with Crippen LogP contribution in [0, 0.1) is 23.7 Å². The summed E-state index contributed by atoms with van der Waals surface area (Å²) >= 11 is 0. The Bertz CT molecular complexity index is 441. The summed E-state index contributed by atoms with van der Waals surface area (Å²) in [6, 6.07) is 4.12. The van der Waals surface area contributed by atoms with Crippen molar-refractivity contribution in [2.24, 2.45) is 12.5 Å². The molecule has 0 aromatic carbocycles. The SMILES string of the molecule is Cc1c(CNCC(C)(C)CCO)cc(C#N)n1C. The fraction of sp³-hybridized carbons (Fsp3) is 0.643. The summed E-state index contributed by atoms with van der Waals surface area (Å²) in [6.45, 7) is 8.12. The number of nitrogens with one attached hydrogen (secondary N) is 1. The lowest BCUT2D eigenvalue weighted by molar-refractivity contribution is 0.207. The first-order chi connectivity index (χ1) is 8.41. The van der Waals surface area contributed by atoms with Crippen molar-refractivity contribution in [3.63, 3.8) is 0 Å². The maximum atomic E-state index is 8.97. The van der Waals surface area contributed by atoms with Crippen LogP contribution < -0.4 is 5.32 Å². The number of nitrogens with zero attached hydrogens (tertiary/aromatic N) is 2. The Morgan fingerprint density at radius 2 is 2.17 bits per heavy atom. The molecule has 0 bridgehead atoms. The van der Waals surface area contributed by atoms with Gasteiger partial charge in [-0.05, 0) is 30.4 Å². The molecule has 4 nitrogen and oxygen atoms in total. The lowest BCUT2D eigenvalue weighted by Crippen LogP contribution is -2.30. The van der Waals surface area contributed by atoms with Gasteiger partial charge in [-0.25, -0.2) is 0 Å². The van der Waals surface area contributed by atoms with Gasteiger partial charge in [-0.3, -0.25) is 0 Å². The first-order valence-corrected chi connectivity index (χ1v) is 6.28. The second-order valence-corrected chi connectivity index (χ2v) is 5.55. The molecular weight excluding hydrogens is 226 g/mol. The van der Waals surface area contributed by atoms with Crippen molar-refractivity contribution in [3.05, 3.63) is 23.0 Å². The molecule has 0 aliphatic rings. The number of hydrogen-bond acceptors (Lipinski definition) is 3. The average Bonchev–Trinajstić information content (AvgIpc) is 2.56. The van der Waals surface area contributed by atoms with Crippen LogP contribution in [0.2, 0.25) is 0 Å². The van der Waals surface area contributed by atoms with Crippen LogP contribution >= 0.6 is 0 Å². The van der Waals surface area contributed by atoms with Crippen LogP contribution in [-0.2, 0) is 13.6 Å². The van der Waals surface area contributed by atoms with E-state index in [2.05, 4.69) is 25.2 Å². The highest BCUT2D eigenvalue weighted by molar-refractivity contribution is 5.34. The van der Waals surface area contributed by atoms with E-state index in [9.17, 15) is 0 Å². The van der Waals surface area contributed by atoms with Gasteiger partial charge in [0, 0.05) is 32.4 Å². The van der Waals surface area contributed by atoms with Gasteiger partial charge in [0.25, 0.3) is 0 Å². The van der Waals surface area contributed by atoms with E-state index in [0.717, 1.165) is 30.8 Å². The second-order valence-electron chi connectivity index (χ2n) is 5.55. The van der Waals surface area contributed by atoms with Gasteiger partial charge in [0.2, 0.25) is 0 Å². The number of aromatic nitrogens is 1. The van der Waals surface area contributed by atoms with Crippen molar-refractivity contribution in [1.82, 2.24) is 9.88 Å². The number of aliphatic hydroxyl groups excluding tert-OH is 1. The molecular formula is C14H23N3O. The average molecular weight is 249 g/mol. The third-order valence-electron chi connectivity index (χ3n) is 3.46. The van der Waals surface area contributed by atoms with Crippen molar-refractivity contribution >= 4 is 0 Å². The van der Waals surface area contributed by atoms with E-state index >= 15 is 0 Å². The minimum atomic E-state index is 0.0928. The zero-order valence-electron chi connectivity index (χ0n) is 11.7. The summed E-state index contributed by atoms with van der Waals surface area (Å²) in [5.74, 6) is 0. The van der Waals surface area contributed by atoms with Gasteiger partial charge in [-0.1, -0.05) is 13.8 Å². The maximum absolute atomic E-state index is 8.97. The summed E-state index contributed by atoms with van der Waals surface area (Å²) in [7, 11) is 1.91. The summed E-state index contributed by atoms with van der Waals surface area (Å²) in [5, 5.41) is 21.3. The second kappa shape index (κ2) is 6.03. The highest BCUT2D eigenvalue weighted by atomic mass is 16.3. The van der Waals surface area contributed by atoms with Gasteiger partial charge in [0.15, 0.2) is 0 Å². The van der Waals surface area contributed by atoms with Gasteiger partial charge in [-0.2, -0.15) is 5.26 Å². The molecule has 2 N–H and O–H groups in total. The van der Waals surface area contributed by atoms with Gasteiger partial charge in [-0.15, -0.1) is 0 Å². The Balaban J connectivity index is 2.57. The molecule has 0 unspecified atom stereocenters. The number of rotatable bonds is 6. The fourth-order valence-corrected chi connectivity index (χ4v) is 1.98. The largest absolute Gasteiger partial charge is 0.396 e. The molecule has 0 spiro atoms. The highest BCUT2D eigenvalue weighted by Crippen LogP contribution is 2.19. The Hall–Kier alpha value is -1.31. The van der Waals surface area contributed by atoms with E-state index in [0.29, 0.717) is 5.69 Å². The third kappa shape index (κ3) is 3.59. The first-order valence-electron chi connectivity index (χ1n) is 6.28. The molecule has 4 heteroatoms. The molecule has 0 saturated carbocycles. The van der Waals surface area contributed by atoms with Gasteiger partial charge in [0.05, 0.1) is 0 Å². The molecule has 1 aromatic rings. The summed E-state index contributed by atoms with van der Waals surface area (Å²) in [4.78, 5) is 0. The summed E-state index contributed by atoms with van der Waals surface area (Å²) in [5.41, 5.74) is 3.07. The lowest BCUT2D eigenvalue weighted by Gasteiger charge is -2.23. The summed E-state index contributed by atoms with van der Waals surface area (Å²) in [6.07, 6.45) is 0.789. The standard InChI is InChI=1S/C14H23N3O/c1-11-12(7-13(8-15)17(11)4)9-16-10-14(2,3)5-6-18/h7,16,18H,5-6,9-10H2,1-4H3.